The molecule has 0 aromatic heterocycles. The van der Waals surface area contributed by atoms with Crippen LogP contribution in [0.3, 0.4) is 0 Å². The van der Waals surface area contributed by atoms with E-state index in [2.05, 4.69) is 11.4 Å². The summed E-state index contributed by atoms with van der Waals surface area (Å²) in [4.78, 5) is 0. The van der Waals surface area contributed by atoms with E-state index in [1.165, 1.54) is 5.56 Å². The van der Waals surface area contributed by atoms with Crippen LogP contribution in [0.25, 0.3) is 0 Å². The van der Waals surface area contributed by atoms with Crippen molar-refractivity contribution in [3.8, 4) is 5.75 Å². The molecule has 3 rings (SSSR count). The molecule has 4 nitrogen and oxygen atoms in total. The lowest BCUT2D eigenvalue weighted by Gasteiger charge is -2.13. The molecule has 0 spiro atoms. The van der Waals surface area contributed by atoms with Gasteiger partial charge in [-0.25, -0.2) is 8.42 Å². The zero-order valence-electron chi connectivity index (χ0n) is 10.8. The molecule has 2 atom stereocenters. The van der Waals surface area contributed by atoms with E-state index in [0.29, 0.717) is 24.8 Å². The number of nitrogens with one attached hydrogen (secondary N) is 1. The Hall–Kier alpha value is -1.07. The van der Waals surface area contributed by atoms with Crippen LogP contribution >= 0.6 is 0 Å². The van der Waals surface area contributed by atoms with Gasteiger partial charge in [-0.3, -0.25) is 0 Å². The third kappa shape index (κ3) is 2.62. The highest BCUT2D eigenvalue weighted by Crippen LogP contribution is 2.32. The van der Waals surface area contributed by atoms with Gasteiger partial charge in [-0.15, -0.1) is 0 Å². The van der Waals surface area contributed by atoms with Crippen molar-refractivity contribution >= 4 is 9.84 Å². The largest absolute Gasteiger partial charge is 0.493 e. The number of rotatable bonds is 4. The van der Waals surface area contributed by atoms with Crippen molar-refractivity contribution in [2.75, 3.05) is 25.4 Å². The Labute approximate surface area is 114 Å². The number of fused-ring (bicyclic) bond motifs is 1. The van der Waals surface area contributed by atoms with Crippen molar-refractivity contribution in [1.29, 1.82) is 0 Å². The molecule has 0 bridgehead atoms. The lowest BCUT2D eigenvalue weighted by Crippen LogP contribution is -2.33. The fraction of sp³-hybridized carbons (Fsp3) is 0.571. The SMILES string of the molecule is O=S1(=O)CCCC1CNCC1COc2ccccc21. The van der Waals surface area contributed by atoms with Gasteiger partial charge in [-0.05, 0) is 18.9 Å². The Bertz CT molecular complexity index is 556. The molecule has 1 N–H and O–H groups in total. The van der Waals surface area contributed by atoms with Crippen LogP contribution in [-0.4, -0.2) is 39.1 Å². The minimum atomic E-state index is -2.84. The molecular weight excluding hydrogens is 262 g/mol. The molecule has 2 unspecified atom stereocenters. The van der Waals surface area contributed by atoms with Crippen LogP contribution in [0, 0.1) is 0 Å². The first kappa shape index (κ1) is 12.9. The van der Waals surface area contributed by atoms with E-state index in [-0.39, 0.29) is 5.25 Å². The van der Waals surface area contributed by atoms with Crippen LogP contribution in [0.5, 0.6) is 5.75 Å². The van der Waals surface area contributed by atoms with Gasteiger partial charge in [0.15, 0.2) is 9.84 Å². The van der Waals surface area contributed by atoms with Gasteiger partial charge < -0.3 is 10.1 Å². The molecule has 1 aromatic rings. The minimum absolute atomic E-state index is 0.190. The zero-order chi connectivity index (χ0) is 13.3. The normalized spacial score (nSPS) is 28.0. The number of benzene rings is 1. The molecule has 2 aliphatic heterocycles. The second kappa shape index (κ2) is 5.13. The van der Waals surface area contributed by atoms with Crippen molar-refractivity contribution < 1.29 is 13.2 Å². The Balaban J connectivity index is 1.54. The smallest absolute Gasteiger partial charge is 0.154 e. The molecule has 0 radical (unpaired) electrons. The Morgan fingerprint density at radius 3 is 2.89 bits per heavy atom. The first-order valence-electron chi connectivity index (χ1n) is 6.81. The standard InChI is InChI=1S/C14H19NO3S/c16-19(17)7-3-4-12(19)9-15-8-11-10-18-14-6-2-1-5-13(11)14/h1-2,5-6,11-12,15H,3-4,7-10H2. The maximum Gasteiger partial charge on any atom is 0.154 e. The van der Waals surface area contributed by atoms with E-state index in [1.54, 1.807) is 0 Å². The molecule has 1 aromatic carbocycles. The zero-order valence-corrected chi connectivity index (χ0v) is 11.7. The van der Waals surface area contributed by atoms with Gasteiger partial charge in [-0.1, -0.05) is 18.2 Å². The van der Waals surface area contributed by atoms with Gasteiger partial charge in [0.25, 0.3) is 0 Å². The average molecular weight is 281 g/mol. The van der Waals surface area contributed by atoms with E-state index >= 15 is 0 Å². The van der Waals surface area contributed by atoms with Crippen LogP contribution in [-0.2, 0) is 9.84 Å². The summed E-state index contributed by atoms with van der Waals surface area (Å²) < 4.78 is 29.1. The fourth-order valence-corrected chi connectivity index (χ4v) is 4.70. The molecular formula is C14H19NO3S. The highest BCUT2D eigenvalue weighted by molar-refractivity contribution is 7.92. The summed E-state index contributed by atoms with van der Waals surface area (Å²) in [6, 6.07) is 8.06. The summed E-state index contributed by atoms with van der Waals surface area (Å²) in [6.07, 6.45) is 1.61. The van der Waals surface area contributed by atoms with Gasteiger partial charge in [0.05, 0.1) is 17.6 Å². The summed E-state index contributed by atoms with van der Waals surface area (Å²) in [5.74, 6) is 1.65. The summed E-state index contributed by atoms with van der Waals surface area (Å²) in [5.41, 5.74) is 1.23. The van der Waals surface area contributed by atoms with Crippen LogP contribution in [0.4, 0.5) is 0 Å². The van der Waals surface area contributed by atoms with Gasteiger partial charge in [0.1, 0.15) is 5.75 Å². The number of hydrogen-bond donors (Lipinski definition) is 1. The summed E-state index contributed by atoms with van der Waals surface area (Å²) in [6.45, 7) is 2.04. The minimum Gasteiger partial charge on any atom is -0.493 e. The average Bonchev–Trinajstić information content (AvgIpc) is 2.94. The third-order valence-electron chi connectivity index (χ3n) is 4.02. The topological polar surface area (TPSA) is 55.4 Å². The molecule has 2 aliphatic rings. The molecule has 0 aliphatic carbocycles. The van der Waals surface area contributed by atoms with Crippen LogP contribution < -0.4 is 10.1 Å². The van der Waals surface area contributed by atoms with Gasteiger partial charge >= 0.3 is 0 Å². The second-order valence-corrected chi connectivity index (χ2v) is 7.74. The Kier molecular flexibility index (Phi) is 3.50. The molecule has 1 fully saturated rings. The third-order valence-corrected chi connectivity index (χ3v) is 6.30. The van der Waals surface area contributed by atoms with Crippen molar-refractivity contribution in [3.63, 3.8) is 0 Å². The molecule has 0 saturated carbocycles. The highest BCUT2D eigenvalue weighted by atomic mass is 32.2. The maximum atomic E-state index is 11.7. The van der Waals surface area contributed by atoms with Crippen molar-refractivity contribution in [3.05, 3.63) is 29.8 Å². The number of ether oxygens (including phenoxy) is 1. The Morgan fingerprint density at radius 1 is 1.26 bits per heavy atom. The highest BCUT2D eigenvalue weighted by Gasteiger charge is 2.31. The predicted molar refractivity (Wildman–Crippen MR) is 74.4 cm³/mol. The van der Waals surface area contributed by atoms with E-state index < -0.39 is 9.84 Å². The Morgan fingerprint density at radius 2 is 2.11 bits per heavy atom. The van der Waals surface area contributed by atoms with Gasteiger partial charge in [0.2, 0.25) is 0 Å². The molecule has 1 saturated heterocycles. The van der Waals surface area contributed by atoms with Crippen LogP contribution in [0.1, 0.15) is 24.3 Å². The van der Waals surface area contributed by atoms with Crippen LogP contribution in [0.2, 0.25) is 0 Å². The van der Waals surface area contributed by atoms with E-state index in [0.717, 1.165) is 25.1 Å². The number of hydrogen-bond acceptors (Lipinski definition) is 4. The lowest BCUT2D eigenvalue weighted by molar-refractivity contribution is 0.326. The van der Waals surface area contributed by atoms with Crippen molar-refractivity contribution in [2.45, 2.75) is 24.0 Å². The lowest BCUT2D eigenvalue weighted by atomic mass is 10.0. The van der Waals surface area contributed by atoms with E-state index in [9.17, 15) is 8.42 Å². The first-order chi connectivity index (χ1) is 9.17. The van der Waals surface area contributed by atoms with Crippen molar-refractivity contribution in [1.82, 2.24) is 5.32 Å². The van der Waals surface area contributed by atoms with E-state index in [4.69, 9.17) is 4.74 Å². The maximum absolute atomic E-state index is 11.7. The second-order valence-electron chi connectivity index (χ2n) is 5.34. The molecule has 5 heteroatoms. The molecule has 104 valence electrons. The summed E-state index contributed by atoms with van der Waals surface area (Å²) in [5, 5.41) is 3.12. The van der Waals surface area contributed by atoms with E-state index in [1.807, 2.05) is 18.2 Å². The quantitative estimate of drug-likeness (QED) is 0.904. The molecule has 2 heterocycles. The molecule has 19 heavy (non-hydrogen) atoms. The number of sulfone groups is 1. The fourth-order valence-electron chi connectivity index (χ4n) is 2.90. The number of para-hydroxylation sites is 1. The van der Waals surface area contributed by atoms with Gasteiger partial charge in [0, 0.05) is 24.6 Å². The van der Waals surface area contributed by atoms with Crippen molar-refractivity contribution in [2.24, 2.45) is 0 Å². The monoisotopic (exact) mass is 281 g/mol. The molecule has 0 amide bonds. The first-order valence-corrected chi connectivity index (χ1v) is 8.52. The summed E-state index contributed by atoms with van der Waals surface area (Å²) in [7, 11) is -2.84. The van der Waals surface area contributed by atoms with Gasteiger partial charge in [-0.2, -0.15) is 0 Å². The predicted octanol–water partition coefficient (Wildman–Crippen LogP) is 1.33. The summed E-state index contributed by atoms with van der Waals surface area (Å²) >= 11 is 0. The van der Waals surface area contributed by atoms with Crippen LogP contribution in [0.15, 0.2) is 24.3 Å².